The Balaban J connectivity index is 2.37. The zero-order valence-electron chi connectivity index (χ0n) is 11.5. The van der Waals surface area contributed by atoms with Crippen molar-refractivity contribution in [1.29, 1.82) is 0 Å². The molecular weight excluding hydrogens is 280 g/mol. The largest absolute Gasteiger partial charge is 0.490 e. The third-order valence-electron chi connectivity index (χ3n) is 2.64. The molecule has 0 bridgehead atoms. The number of ether oxygens (including phenoxy) is 1. The number of aliphatic hydroxyl groups is 1. The van der Waals surface area contributed by atoms with Crippen LogP contribution in [-0.2, 0) is 6.54 Å². The van der Waals surface area contributed by atoms with E-state index in [1.54, 1.807) is 17.8 Å². The molecule has 2 N–H and O–H groups in total. The Labute approximate surface area is 122 Å². The minimum atomic E-state index is -0.437. The fourth-order valence-electron chi connectivity index (χ4n) is 1.63. The van der Waals surface area contributed by atoms with Crippen LogP contribution < -0.4 is 10.1 Å². The number of methoxy groups -OCH3 is 1. The van der Waals surface area contributed by atoms with Crippen LogP contribution in [0.1, 0.15) is 12.0 Å². The van der Waals surface area contributed by atoms with E-state index >= 15 is 0 Å². The monoisotopic (exact) mass is 300 g/mol. The topological polar surface area (TPSA) is 84.6 Å². The number of hydrogen-bond donors (Lipinski definition) is 2. The number of aliphatic hydroxyl groups excluding tert-OH is 1. The van der Waals surface area contributed by atoms with E-state index in [1.807, 2.05) is 6.07 Å². The van der Waals surface area contributed by atoms with Crippen LogP contribution in [0.5, 0.6) is 5.75 Å². The summed E-state index contributed by atoms with van der Waals surface area (Å²) in [5, 5.41) is 22.8. The second-order valence-corrected chi connectivity index (χ2v) is 5.35. The molecule has 0 saturated carbocycles. The number of nitrogens with one attached hydrogen (secondary N) is 1. The summed E-state index contributed by atoms with van der Waals surface area (Å²) in [6, 6.07) is 4.97. The summed E-state index contributed by atoms with van der Waals surface area (Å²) < 4.78 is 4.96. The van der Waals surface area contributed by atoms with Gasteiger partial charge in [0.1, 0.15) is 0 Å². The Bertz CT molecular complexity index is 429. The highest BCUT2D eigenvalue weighted by Gasteiger charge is 2.14. The van der Waals surface area contributed by atoms with Gasteiger partial charge in [-0.05, 0) is 23.8 Å². The van der Waals surface area contributed by atoms with Crippen LogP contribution in [0.3, 0.4) is 0 Å². The lowest BCUT2D eigenvalue weighted by Gasteiger charge is -2.07. The molecule has 0 aliphatic carbocycles. The molecule has 0 aliphatic heterocycles. The standard InChI is InChI=1S/C13H20N2O4S/c1-19-13-4-3-11(9-12(13)15(17)18)10-14-5-8-20-7-2-6-16/h3-4,9,14,16H,2,5-8,10H2,1H3. The van der Waals surface area contributed by atoms with Gasteiger partial charge in [0.2, 0.25) is 0 Å². The van der Waals surface area contributed by atoms with Crippen LogP contribution in [0, 0.1) is 10.1 Å². The van der Waals surface area contributed by atoms with E-state index in [0.29, 0.717) is 6.54 Å². The molecule has 1 rings (SSSR count). The molecule has 0 amide bonds. The lowest BCUT2D eigenvalue weighted by atomic mass is 10.2. The lowest BCUT2D eigenvalue weighted by molar-refractivity contribution is -0.385. The van der Waals surface area contributed by atoms with Gasteiger partial charge in [-0.1, -0.05) is 6.07 Å². The van der Waals surface area contributed by atoms with Gasteiger partial charge in [-0.15, -0.1) is 0 Å². The van der Waals surface area contributed by atoms with Crippen molar-refractivity contribution in [2.24, 2.45) is 0 Å². The maximum Gasteiger partial charge on any atom is 0.311 e. The molecule has 20 heavy (non-hydrogen) atoms. The number of nitrogens with zero attached hydrogens (tertiary/aromatic N) is 1. The molecule has 0 radical (unpaired) electrons. The van der Waals surface area contributed by atoms with Crippen molar-refractivity contribution in [2.45, 2.75) is 13.0 Å². The second kappa shape index (κ2) is 9.57. The molecule has 0 unspecified atom stereocenters. The normalized spacial score (nSPS) is 10.5. The maximum absolute atomic E-state index is 10.9. The Hall–Kier alpha value is -1.31. The highest BCUT2D eigenvalue weighted by molar-refractivity contribution is 7.99. The van der Waals surface area contributed by atoms with Crippen molar-refractivity contribution >= 4 is 17.4 Å². The zero-order valence-corrected chi connectivity index (χ0v) is 12.3. The predicted octanol–water partition coefficient (Wildman–Crippen LogP) is 1.81. The summed E-state index contributed by atoms with van der Waals surface area (Å²) in [5.41, 5.74) is 0.849. The van der Waals surface area contributed by atoms with E-state index in [1.165, 1.54) is 13.2 Å². The van der Waals surface area contributed by atoms with Gasteiger partial charge in [-0.25, -0.2) is 0 Å². The molecule has 0 fully saturated rings. The Morgan fingerprint density at radius 3 is 2.90 bits per heavy atom. The molecule has 0 atom stereocenters. The minimum absolute atomic E-state index is 0.0101. The smallest absolute Gasteiger partial charge is 0.311 e. The summed E-state index contributed by atoms with van der Waals surface area (Å²) >= 11 is 1.78. The van der Waals surface area contributed by atoms with E-state index in [9.17, 15) is 10.1 Å². The molecule has 0 heterocycles. The molecular formula is C13H20N2O4S. The fraction of sp³-hybridized carbons (Fsp3) is 0.538. The predicted molar refractivity (Wildman–Crippen MR) is 80.4 cm³/mol. The molecule has 1 aromatic carbocycles. The Morgan fingerprint density at radius 1 is 1.45 bits per heavy atom. The van der Waals surface area contributed by atoms with Gasteiger partial charge < -0.3 is 15.2 Å². The molecule has 7 heteroatoms. The average molecular weight is 300 g/mol. The summed E-state index contributed by atoms with van der Waals surface area (Å²) in [6.45, 7) is 1.65. The number of rotatable bonds is 10. The van der Waals surface area contributed by atoms with Gasteiger partial charge in [0.15, 0.2) is 5.75 Å². The van der Waals surface area contributed by atoms with Crippen LogP contribution in [0.25, 0.3) is 0 Å². The number of benzene rings is 1. The Kier molecular flexibility index (Phi) is 8.01. The minimum Gasteiger partial charge on any atom is -0.490 e. The number of thioether (sulfide) groups is 1. The molecule has 0 aromatic heterocycles. The molecule has 112 valence electrons. The SMILES string of the molecule is COc1ccc(CNCCSCCCO)cc1[N+](=O)[O-]. The van der Waals surface area contributed by atoms with Crippen molar-refractivity contribution in [3.05, 3.63) is 33.9 Å². The third-order valence-corrected chi connectivity index (χ3v) is 3.71. The zero-order chi connectivity index (χ0) is 14.8. The quantitative estimate of drug-likeness (QED) is 0.389. The summed E-state index contributed by atoms with van der Waals surface area (Å²) in [7, 11) is 1.42. The average Bonchev–Trinajstić information content (AvgIpc) is 2.46. The van der Waals surface area contributed by atoms with Crippen LogP contribution in [0.15, 0.2) is 18.2 Å². The molecule has 1 aromatic rings. The van der Waals surface area contributed by atoms with Crippen molar-refractivity contribution in [2.75, 3.05) is 31.8 Å². The maximum atomic E-state index is 10.9. The van der Waals surface area contributed by atoms with Crippen LogP contribution in [-0.4, -0.2) is 41.8 Å². The van der Waals surface area contributed by atoms with Crippen molar-refractivity contribution in [1.82, 2.24) is 5.32 Å². The fourth-order valence-corrected chi connectivity index (χ4v) is 2.46. The van der Waals surface area contributed by atoms with Crippen LogP contribution >= 0.6 is 11.8 Å². The number of nitro benzene ring substituents is 1. The molecule has 0 aliphatic rings. The first-order valence-electron chi connectivity index (χ1n) is 6.39. The van der Waals surface area contributed by atoms with Gasteiger partial charge in [-0.3, -0.25) is 10.1 Å². The first-order valence-corrected chi connectivity index (χ1v) is 7.55. The van der Waals surface area contributed by atoms with E-state index in [0.717, 1.165) is 30.0 Å². The van der Waals surface area contributed by atoms with Gasteiger partial charge in [-0.2, -0.15) is 11.8 Å². The van der Waals surface area contributed by atoms with E-state index in [2.05, 4.69) is 5.32 Å². The second-order valence-electron chi connectivity index (χ2n) is 4.13. The third kappa shape index (κ3) is 5.77. The van der Waals surface area contributed by atoms with Crippen molar-refractivity contribution < 1.29 is 14.8 Å². The van der Waals surface area contributed by atoms with Gasteiger partial charge >= 0.3 is 5.69 Å². The number of nitro groups is 1. The van der Waals surface area contributed by atoms with Crippen molar-refractivity contribution in [3.63, 3.8) is 0 Å². The summed E-state index contributed by atoms with van der Waals surface area (Å²) in [6.07, 6.45) is 0.815. The first kappa shape index (κ1) is 16.7. The summed E-state index contributed by atoms with van der Waals surface area (Å²) in [4.78, 5) is 10.5. The molecule has 0 saturated heterocycles. The van der Waals surface area contributed by atoms with Crippen LogP contribution in [0.4, 0.5) is 5.69 Å². The highest BCUT2D eigenvalue weighted by atomic mass is 32.2. The van der Waals surface area contributed by atoms with E-state index in [-0.39, 0.29) is 18.0 Å². The highest BCUT2D eigenvalue weighted by Crippen LogP contribution is 2.27. The molecule has 0 spiro atoms. The molecule has 6 nitrogen and oxygen atoms in total. The van der Waals surface area contributed by atoms with Gasteiger partial charge in [0.05, 0.1) is 12.0 Å². The Morgan fingerprint density at radius 2 is 2.25 bits per heavy atom. The summed E-state index contributed by atoms with van der Waals surface area (Å²) in [5.74, 6) is 2.18. The first-order chi connectivity index (χ1) is 9.69. The van der Waals surface area contributed by atoms with Crippen LogP contribution in [0.2, 0.25) is 0 Å². The van der Waals surface area contributed by atoms with E-state index < -0.39 is 4.92 Å². The number of hydrogen-bond acceptors (Lipinski definition) is 6. The van der Waals surface area contributed by atoms with Gasteiger partial charge in [0, 0.05) is 31.5 Å². The lowest BCUT2D eigenvalue weighted by Crippen LogP contribution is -2.16. The van der Waals surface area contributed by atoms with Crippen molar-refractivity contribution in [3.8, 4) is 5.75 Å². The van der Waals surface area contributed by atoms with E-state index in [4.69, 9.17) is 9.84 Å². The van der Waals surface area contributed by atoms with Gasteiger partial charge in [0.25, 0.3) is 0 Å².